The molecule has 4 aliphatic carbocycles. The standard InChI is InChI=1S/C30H44O7/c1-18(2)15-34-30(35-16-19(3)4)36-17-25(33)29(37-30)12-10-23-22-8-7-20-13-21(31)9-11-27(20,5)26(22)24(32)14-28(23,29)6/h13,18-19,22-23,26H,7-12,14-17H2,1-6H3/t22-,23-,26+,27-,28-,29-/m0/s1. The zero-order chi connectivity index (χ0) is 26.8. The van der Waals surface area contributed by atoms with Crippen molar-refractivity contribution in [1.82, 2.24) is 0 Å². The van der Waals surface area contributed by atoms with Crippen LogP contribution < -0.4 is 0 Å². The Morgan fingerprint density at radius 3 is 2.30 bits per heavy atom. The van der Waals surface area contributed by atoms with E-state index < -0.39 is 17.2 Å². The fraction of sp³-hybridized carbons (Fsp3) is 0.833. The fourth-order valence-electron chi connectivity index (χ4n) is 8.29. The van der Waals surface area contributed by atoms with Crippen molar-refractivity contribution >= 4 is 17.3 Å². The maximum Gasteiger partial charge on any atom is 0.414 e. The van der Waals surface area contributed by atoms with Crippen molar-refractivity contribution in [1.29, 1.82) is 0 Å². The van der Waals surface area contributed by atoms with Crippen LogP contribution in [0, 0.1) is 40.4 Å². The number of Topliss-reactive ketones (excluding diaryl/α,β-unsaturated/α-hetero) is 2. The first-order valence-corrected chi connectivity index (χ1v) is 14.3. The molecule has 0 unspecified atom stereocenters. The van der Waals surface area contributed by atoms with Crippen LogP contribution in [0.5, 0.6) is 0 Å². The number of allylic oxidation sites excluding steroid dienone is 1. The number of hydrogen-bond donors (Lipinski definition) is 0. The Morgan fingerprint density at radius 2 is 1.65 bits per heavy atom. The molecule has 6 atom stereocenters. The molecule has 0 amide bonds. The molecule has 1 saturated heterocycles. The summed E-state index contributed by atoms with van der Waals surface area (Å²) in [5.41, 5.74) is -0.974. The zero-order valence-electron chi connectivity index (χ0n) is 23.4. The molecule has 0 bridgehead atoms. The van der Waals surface area contributed by atoms with E-state index in [1.165, 1.54) is 0 Å². The third-order valence-electron chi connectivity index (χ3n) is 10.1. The molecule has 7 heteroatoms. The van der Waals surface area contributed by atoms with Gasteiger partial charge in [0.15, 0.2) is 11.6 Å². The lowest BCUT2D eigenvalue weighted by atomic mass is 9.46. The molecule has 1 heterocycles. The van der Waals surface area contributed by atoms with Crippen molar-refractivity contribution in [3.05, 3.63) is 11.6 Å². The fourth-order valence-corrected chi connectivity index (χ4v) is 8.29. The predicted molar refractivity (Wildman–Crippen MR) is 136 cm³/mol. The van der Waals surface area contributed by atoms with E-state index in [1.54, 1.807) is 0 Å². The van der Waals surface area contributed by atoms with Gasteiger partial charge in [-0.1, -0.05) is 47.1 Å². The number of hydrogen-bond acceptors (Lipinski definition) is 7. The van der Waals surface area contributed by atoms with E-state index in [0.717, 1.165) is 31.3 Å². The maximum absolute atomic E-state index is 14.1. The first-order valence-electron chi connectivity index (χ1n) is 14.3. The van der Waals surface area contributed by atoms with Gasteiger partial charge in [-0.25, -0.2) is 0 Å². The molecule has 1 spiro atoms. The minimum Gasteiger partial charge on any atom is -0.303 e. The van der Waals surface area contributed by atoms with Crippen molar-refractivity contribution in [2.75, 3.05) is 19.8 Å². The summed E-state index contributed by atoms with van der Waals surface area (Å²) in [6.07, 6.45) is 4.64. The molecule has 1 aliphatic heterocycles. The molecule has 5 rings (SSSR count). The van der Waals surface area contributed by atoms with E-state index in [4.69, 9.17) is 18.9 Å². The molecule has 7 nitrogen and oxygen atoms in total. The van der Waals surface area contributed by atoms with Crippen LogP contribution in [0.1, 0.15) is 86.5 Å². The van der Waals surface area contributed by atoms with Crippen LogP contribution in [-0.4, -0.2) is 48.9 Å². The van der Waals surface area contributed by atoms with Gasteiger partial charge < -0.3 is 9.47 Å². The van der Waals surface area contributed by atoms with E-state index in [9.17, 15) is 14.4 Å². The monoisotopic (exact) mass is 516 g/mol. The maximum atomic E-state index is 14.1. The van der Waals surface area contributed by atoms with Crippen LogP contribution in [-0.2, 0) is 33.3 Å². The molecular weight excluding hydrogens is 472 g/mol. The number of carbonyl (C=O) groups excluding carboxylic acids is 3. The summed E-state index contributed by atoms with van der Waals surface area (Å²) in [4.78, 5) is 40.0. The van der Waals surface area contributed by atoms with Crippen LogP contribution >= 0.6 is 0 Å². The average molecular weight is 517 g/mol. The number of fused-ring (bicyclic) bond motifs is 6. The Morgan fingerprint density at radius 1 is 0.973 bits per heavy atom. The number of ketones is 3. The highest BCUT2D eigenvalue weighted by molar-refractivity contribution is 5.95. The third-order valence-corrected chi connectivity index (χ3v) is 10.1. The van der Waals surface area contributed by atoms with Crippen LogP contribution in [0.3, 0.4) is 0 Å². The summed E-state index contributed by atoms with van der Waals surface area (Å²) in [6.45, 7) is 13.0. The van der Waals surface area contributed by atoms with Crippen molar-refractivity contribution in [3.8, 4) is 0 Å². The third kappa shape index (κ3) is 4.19. The summed E-state index contributed by atoms with van der Waals surface area (Å²) in [5, 5.41) is 0. The first-order chi connectivity index (χ1) is 17.4. The van der Waals surface area contributed by atoms with Crippen LogP contribution in [0.4, 0.5) is 0 Å². The Balaban J connectivity index is 1.49. The lowest BCUT2D eigenvalue weighted by molar-refractivity contribution is -0.532. The van der Waals surface area contributed by atoms with Gasteiger partial charge >= 0.3 is 6.16 Å². The van der Waals surface area contributed by atoms with Crippen molar-refractivity contribution < 1.29 is 33.3 Å². The Bertz CT molecular complexity index is 986. The van der Waals surface area contributed by atoms with E-state index in [1.807, 2.05) is 33.8 Å². The van der Waals surface area contributed by atoms with Gasteiger partial charge in [-0.3, -0.25) is 23.9 Å². The van der Waals surface area contributed by atoms with Crippen LogP contribution in [0.15, 0.2) is 11.6 Å². The van der Waals surface area contributed by atoms with Crippen LogP contribution in [0.2, 0.25) is 0 Å². The van der Waals surface area contributed by atoms with Gasteiger partial charge in [-0.05, 0) is 67.3 Å². The second-order valence-electron chi connectivity index (χ2n) is 13.5. The zero-order valence-corrected chi connectivity index (χ0v) is 23.4. The van der Waals surface area contributed by atoms with Gasteiger partial charge in [0.2, 0.25) is 0 Å². The normalized spacial score (nSPS) is 41.1. The molecule has 0 aromatic heterocycles. The molecule has 0 radical (unpaired) electrons. The van der Waals surface area contributed by atoms with Crippen molar-refractivity contribution in [2.45, 2.75) is 98.2 Å². The summed E-state index contributed by atoms with van der Waals surface area (Å²) in [7, 11) is 0. The second-order valence-corrected chi connectivity index (χ2v) is 13.5. The number of carbonyl (C=O) groups is 3. The van der Waals surface area contributed by atoms with Gasteiger partial charge in [0.05, 0.1) is 13.2 Å². The predicted octanol–water partition coefficient (Wildman–Crippen LogP) is 5.01. The summed E-state index contributed by atoms with van der Waals surface area (Å²) >= 11 is 0. The first kappa shape index (κ1) is 27.2. The molecule has 37 heavy (non-hydrogen) atoms. The lowest BCUT2D eigenvalue weighted by Crippen LogP contribution is -2.68. The molecule has 4 fully saturated rings. The smallest absolute Gasteiger partial charge is 0.303 e. The van der Waals surface area contributed by atoms with Crippen LogP contribution in [0.25, 0.3) is 0 Å². The highest BCUT2D eigenvalue weighted by Crippen LogP contribution is 2.68. The Kier molecular flexibility index (Phi) is 6.87. The average Bonchev–Trinajstić information content (AvgIpc) is 3.11. The summed E-state index contributed by atoms with van der Waals surface area (Å²) in [5.74, 6) is 0.929. The van der Waals surface area contributed by atoms with E-state index >= 15 is 0 Å². The highest BCUT2D eigenvalue weighted by Gasteiger charge is 2.72. The van der Waals surface area contributed by atoms with Gasteiger partial charge in [0.25, 0.3) is 0 Å². The van der Waals surface area contributed by atoms with Crippen molar-refractivity contribution in [3.63, 3.8) is 0 Å². The molecule has 5 aliphatic rings. The molecule has 0 aromatic carbocycles. The number of rotatable bonds is 6. The van der Waals surface area contributed by atoms with Gasteiger partial charge in [0.1, 0.15) is 18.0 Å². The SMILES string of the molecule is CC(C)COC1(OCC(C)C)OCC(=O)[C@]2(CC[C@H]3[C@@H]4CCC5=CC(=O)CC[C@]5(C)[C@H]4C(=O)C[C@@]32C)O1. The minimum absolute atomic E-state index is 0.108. The van der Waals surface area contributed by atoms with Gasteiger partial charge in [0, 0.05) is 24.2 Å². The number of ether oxygens (including phenoxy) is 4. The molecular formula is C30H44O7. The molecule has 0 aromatic rings. The quantitative estimate of drug-likeness (QED) is 0.459. The van der Waals surface area contributed by atoms with E-state index in [0.29, 0.717) is 26.1 Å². The lowest BCUT2D eigenvalue weighted by Gasteiger charge is -2.59. The second kappa shape index (κ2) is 9.35. The van der Waals surface area contributed by atoms with Gasteiger partial charge in [-0.15, -0.1) is 0 Å². The molecule has 0 N–H and O–H groups in total. The molecule has 3 saturated carbocycles. The summed E-state index contributed by atoms with van der Waals surface area (Å²) < 4.78 is 24.8. The van der Waals surface area contributed by atoms with E-state index in [-0.39, 0.29) is 65.4 Å². The molecule has 206 valence electrons. The topological polar surface area (TPSA) is 88.1 Å². The minimum atomic E-state index is -1.75. The summed E-state index contributed by atoms with van der Waals surface area (Å²) in [6, 6.07) is 0. The highest BCUT2D eigenvalue weighted by atomic mass is 17.0. The Hall–Kier alpha value is -1.41. The van der Waals surface area contributed by atoms with Gasteiger partial charge in [-0.2, -0.15) is 0 Å². The largest absolute Gasteiger partial charge is 0.414 e. The van der Waals surface area contributed by atoms with Crippen molar-refractivity contribution in [2.24, 2.45) is 40.4 Å². The van der Waals surface area contributed by atoms with E-state index in [2.05, 4.69) is 13.8 Å². The Labute approximate surface area is 221 Å².